The van der Waals surface area contributed by atoms with E-state index in [2.05, 4.69) is 5.32 Å². The molecule has 5 nitrogen and oxygen atoms in total. The van der Waals surface area contributed by atoms with Crippen LogP contribution in [-0.2, 0) is 18.9 Å². The second-order valence-electron chi connectivity index (χ2n) is 4.97. The second kappa shape index (κ2) is 7.94. The molecule has 0 aliphatic carbocycles. The molecule has 122 valence electrons. The fourth-order valence-corrected chi connectivity index (χ4v) is 2.81. The van der Waals surface area contributed by atoms with Crippen molar-refractivity contribution in [3.63, 3.8) is 0 Å². The lowest BCUT2D eigenvalue weighted by Gasteiger charge is -2.12. The number of anilines is 1. The first-order valence-corrected chi connectivity index (χ1v) is 8.33. The van der Waals surface area contributed by atoms with Gasteiger partial charge in [-0.05, 0) is 47.2 Å². The summed E-state index contributed by atoms with van der Waals surface area (Å²) in [5, 5.41) is 23.3. The number of aliphatic hydroxyl groups is 1. The fourth-order valence-electron chi connectivity index (χ4n) is 2.23. The van der Waals surface area contributed by atoms with Gasteiger partial charge in [-0.15, -0.1) is 0 Å². The van der Waals surface area contributed by atoms with E-state index in [4.69, 9.17) is 0 Å². The lowest BCUT2D eigenvalue weighted by molar-refractivity contribution is -0.384. The van der Waals surface area contributed by atoms with Gasteiger partial charge in [0.2, 0.25) is 0 Å². The van der Waals surface area contributed by atoms with Gasteiger partial charge in [0.05, 0.1) is 11.5 Å². The van der Waals surface area contributed by atoms with E-state index >= 15 is 0 Å². The molecule has 2 N–H and O–H groups in total. The molecule has 0 radical (unpaired) electrons. The van der Waals surface area contributed by atoms with E-state index in [1.165, 1.54) is 24.3 Å². The summed E-state index contributed by atoms with van der Waals surface area (Å²) in [4.78, 5) is 10.6. The summed E-state index contributed by atoms with van der Waals surface area (Å²) in [6.07, 6.45) is 1.93. The third-order valence-corrected chi connectivity index (χ3v) is 3.98. The van der Waals surface area contributed by atoms with Gasteiger partial charge >= 0.3 is 0 Å². The number of nitrogens with one attached hydrogen (secondary N) is 1. The highest BCUT2D eigenvalue weighted by Gasteiger charge is 2.14. The number of nitrogens with zero attached hydrogens (tertiary/aromatic N) is 1. The fraction of sp³-hybridized carbons (Fsp3) is 0.250. The molecule has 7 heteroatoms. The molecule has 0 amide bonds. The van der Waals surface area contributed by atoms with E-state index in [0.717, 1.165) is 11.1 Å². The molecular weight excluding hydrogens is 319 g/mol. The van der Waals surface area contributed by atoms with Crippen LogP contribution in [0.5, 0.6) is 0 Å². The average molecular weight is 336 g/mol. The van der Waals surface area contributed by atoms with Gasteiger partial charge in [0.1, 0.15) is 11.5 Å². The summed E-state index contributed by atoms with van der Waals surface area (Å²) in [5.41, 5.74) is 2.59. The Balaban J connectivity index is 2.25. The van der Waals surface area contributed by atoms with E-state index < -0.39 is 4.92 Å². The summed E-state index contributed by atoms with van der Waals surface area (Å²) in [5.74, 6) is 0.360. The van der Waals surface area contributed by atoms with Gasteiger partial charge in [-0.1, -0.05) is 6.07 Å². The number of nitro benzene ring substituents is 1. The highest BCUT2D eigenvalue weighted by Crippen LogP contribution is 2.27. The molecular formula is C16H17FN2O3S. The Morgan fingerprint density at radius 2 is 2.04 bits per heavy atom. The van der Waals surface area contributed by atoms with Crippen LogP contribution in [0.2, 0.25) is 0 Å². The zero-order chi connectivity index (χ0) is 16.8. The molecule has 0 saturated heterocycles. The van der Waals surface area contributed by atoms with Crippen LogP contribution in [0.25, 0.3) is 0 Å². The van der Waals surface area contributed by atoms with Crippen molar-refractivity contribution >= 4 is 23.1 Å². The number of hydrogen-bond donors (Lipinski definition) is 2. The van der Waals surface area contributed by atoms with E-state index in [9.17, 15) is 19.6 Å². The lowest BCUT2D eigenvalue weighted by atomic mass is 10.1. The number of nitro groups is 1. The van der Waals surface area contributed by atoms with Crippen molar-refractivity contribution in [3.8, 4) is 0 Å². The standard InChI is InChI=1S/C16H17FN2O3S/c1-23-10-13-7-14(17)4-3-12(13)8-18-15-6-11(9-20)2-5-16(15)19(21)22/h2-7,18,20H,8-10H2,1H3. The van der Waals surface area contributed by atoms with E-state index in [-0.39, 0.29) is 18.1 Å². The Kier molecular flexibility index (Phi) is 5.95. The summed E-state index contributed by atoms with van der Waals surface area (Å²) in [6, 6.07) is 8.96. The molecule has 2 rings (SSSR count). The molecule has 2 aromatic carbocycles. The molecule has 0 bridgehead atoms. The maximum absolute atomic E-state index is 13.4. The van der Waals surface area contributed by atoms with Crippen LogP contribution in [0, 0.1) is 15.9 Å². The first-order chi connectivity index (χ1) is 11.0. The minimum atomic E-state index is -0.475. The molecule has 0 aliphatic rings. The predicted molar refractivity (Wildman–Crippen MR) is 90.0 cm³/mol. The maximum atomic E-state index is 13.4. The summed E-state index contributed by atoms with van der Waals surface area (Å²) in [7, 11) is 0. The van der Waals surface area contributed by atoms with Gasteiger partial charge in [0.25, 0.3) is 5.69 Å². The number of benzene rings is 2. The SMILES string of the molecule is CSCc1cc(F)ccc1CNc1cc(CO)ccc1[N+](=O)[O-]. The summed E-state index contributed by atoms with van der Waals surface area (Å²) in [6.45, 7) is 0.146. The third-order valence-electron chi connectivity index (χ3n) is 3.38. The first-order valence-electron chi connectivity index (χ1n) is 6.93. The van der Waals surface area contributed by atoms with Crippen LogP contribution in [0.1, 0.15) is 16.7 Å². The zero-order valence-electron chi connectivity index (χ0n) is 12.6. The van der Waals surface area contributed by atoms with E-state index in [1.54, 1.807) is 23.9 Å². The number of rotatable bonds is 7. The number of thioether (sulfide) groups is 1. The normalized spacial score (nSPS) is 10.6. The van der Waals surface area contributed by atoms with Gasteiger partial charge in [0, 0.05) is 18.4 Å². The van der Waals surface area contributed by atoms with Gasteiger partial charge < -0.3 is 10.4 Å². The quantitative estimate of drug-likeness (QED) is 0.595. The molecule has 0 atom stereocenters. The van der Waals surface area contributed by atoms with E-state index in [1.807, 2.05) is 6.26 Å². The Morgan fingerprint density at radius 3 is 2.70 bits per heavy atom. The van der Waals surface area contributed by atoms with Crippen molar-refractivity contribution in [1.82, 2.24) is 0 Å². The van der Waals surface area contributed by atoms with Crippen molar-refractivity contribution in [3.05, 3.63) is 69.0 Å². The van der Waals surface area contributed by atoms with Crippen molar-refractivity contribution < 1.29 is 14.4 Å². The highest BCUT2D eigenvalue weighted by atomic mass is 32.2. The van der Waals surface area contributed by atoms with Crippen LogP contribution in [0.15, 0.2) is 36.4 Å². The monoisotopic (exact) mass is 336 g/mol. The van der Waals surface area contributed by atoms with Crippen LogP contribution >= 0.6 is 11.8 Å². The first kappa shape index (κ1) is 17.2. The number of hydrogen-bond acceptors (Lipinski definition) is 5. The van der Waals surface area contributed by atoms with Gasteiger partial charge in [-0.2, -0.15) is 11.8 Å². The zero-order valence-corrected chi connectivity index (χ0v) is 13.4. The Labute approximate surface area is 137 Å². The molecule has 0 aromatic heterocycles. The minimum absolute atomic E-state index is 0.0595. The number of halogens is 1. The summed E-state index contributed by atoms with van der Waals surface area (Å²) >= 11 is 1.58. The van der Waals surface area contributed by atoms with Crippen molar-refractivity contribution in [2.45, 2.75) is 18.9 Å². The van der Waals surface area contributed by atoms with Gasteiger partial charge in [-0.25, -0.2) is 4.39 Å². The molecule has 0 spiro atoms. The summed E-state index contributed by atoms with van der Waals surface area (Å²) < 4.78 is 13.4. The number of aliphatic hydroxyl groups excluding tert-OH is 1. The maximum Gasteiger partial charge on any atom is 0.292 e. The smallest absolute Gasteiger partial charge is 0.292 e. The van der Waals surface area contributed by atoms with Crippen LogP contribution < -0.4 is 5.32 Å². The molecule has 23 heavy (non-hydrogen) atoms. The van der Waals surface area contributed by atoms with Crippen LogP contribution in [0.4, 0.5) is 15.8 Å². The minimum Gasteiger partial charge on any atom is -0.392 e. The Bertz CT molecular complexity index is 710. The topological polar surface area (TPSA) is 75.4 Å². The molecule has 0 heterocycles. The van der Waals surface area contributed by atoms with Crippen molar-refractivity contribution in [2.75, 3.05) is 11.6 Å². The largest absolute Gasteiger partial charge is 0.392 e. The highest BCUT2D eigenvalue weighted by molar-refractivity contribution is 7.97. The van der Waals surface area contributed by atoms with Crippen molar-refractivity contribution in [2.24, 2.45) is 0 Å². The molecule has 0 saturated carbocycles. The predicted octanol–water partition coefficient (Wildman–Crippen LogP) is 3.70. The molecule has 0 unspecified atom stereocenters. The molecule has 0 fully saturated rings. The molecule has 2 aromatic rings. The van der Waals surface area contributed by atoms with Crippen LogP contribution in [0.3, 0.4) is 0 Å². The Morgan fingerprint density at radius 1 is 1.26 bits per heavy atom. The van der Waals surface area contributed by atoms with Gasteiger partial charge in [-0.3, -0.25) is 10.1 Å². The third kappa shape index (κ3) is 4.43. The van der Waals surface area contributed by atoms with Crippen molar-refractivity contribution in [1.29, 1.82) is 0 Å². The Hall–Kier alpha value is -2.12. The van der Waals surface area contributed by atoms with Gasteiger partial charge in [0.15, 0.2) is 0 Å². The lowest BCUT2D eigenvalue weighted by Crippen LogP contribution is -2.06. The second-order valence-corrected chi connectivity index (χ2v) is 5.83. The van der Waals surface area contributed by atoms with E-state index in [0.29, 0.717) is 23.5 Å². The molecule has 0 aliphatic heterocycles. The van der Waals surface area contributed by atoms with Crippen LogP contribution in [-0.4, -0.2) is 16.3 Å². The average Bonchev–Trinajstić information content (AvgIpc) is 2.54.